The zero-order valence-electron chi connectivity index (χ0n) is 18.4. The van der Waals surface area contributed by atoms with Gasteiger partial charge in [-0.15, -0.1) is 0 Å². The molecule has 0 radical (unpaired) electrons. The minimum absolute atomic E-state index is 0.118. The summed E-state index contributed by atoms with van der Waals surface area (Å²) in [5.41, 5.74) is 3.51. The minimum atomic E-state index is -0.209. The summed E-state index contributed by atoms with van der Waals surface area (Å²) in [5, 5.41) is 9.92. The number of likely N-dealkylation sites (N-methyl/N-ethyl adjacent to an activating group) is 1. The van der Waals surface area contributed by atoms with Gasteiger partial charge in [0.15, 0.2) is 0 Å². The first kappa shape index (κ1) is 22.3. The van der Waals surface area contributed by atoms with Gasteiger partial charge in [0.2, 0.25) is 5.91 Å². The zero-order chi connectivity index (χ0) is 21.5. The minimum Gasteiger partial charge on any atom is -0.497 e. The van der Waals surface area contributed by atoms with Crippen molar-refractivity contribution in [3.8, 4) is 5.75 Å². The Morgan fingerprint density at radius 2 is 1.80 bits per heavy atom. The van der Waals surface area contributed by atoms with Gasteiger partial charge in [0.1, 0.15) is 5.75 Å². The van der Waals surface area contributed by atoms with E-state index in [2.05, 4.69) is 30.0 Å². The first-order valence-electron chi connectivity index (χ1n) is 10.8. The Balaban J connectivity index is 1.70. The molecular weight excluding hydrogens is 376 g/mol. The molecule has 0 atom stereocenters. The second kappa shape index (κ2) is 10.6. The number of aliphatic hydroxyl groups is 1. The Bertz CT molecular complexity index is 831. The molecule has 5 nitrogen and oxygen atoms in total. The van der Waals surface area contributed by atoms with Crippen molar-refractivity contribution in [3.63, 3.8) is 0 Å². The number of nitrogens with zero attached hydrogens (tertiary/aromatic N) is 2. The third-order valence-electron chi connectivity index (χ3n) is 6.14. The second-order valence-corrected chi connectivity index (χ2v) is 8.40. The molecule has 1 amide bonds. The van der Waals surface area contributed by atoms with Crippen molar-refractivity contribution in [2.24, 2.45) is 0 Å². The van der Waals surface area contributed by atoms with Gasteiger partial charge in [0.25, 0.3) is 0 Å². The van der Waals surface area contributed by atoms with Crippen LogP contribution >= 0.6 is 0 Å². The summed E-state index contributed by atoms with van der Waals surface area (Å²) in [4.78, 5) is 17.2. The van der Waals surface area contributed by atoms with Crippen LogP contribution in [-0.4, -0.2) is 53.7 Å². The number of amides is 1. The van der Waals surface area contributed by atoms with Crippen LogP contribution < -0.4 is 4.74 Å². The van der Waals surface area contributed by atoms with Crippen molar-refractivity contribution >= 4 is 5.91 Å². The van der Waals surface area contributed by atoms with Crippen molar-refractivity contribution in [1.82, 2.24) is 9.80 Å². The summed E-state index contributed by atoms with van der Waals surface area (Å²) in [6, 6.07) is 16.5. The number of carbonyl (C=O) groups is 1. The van der Waals surface area contributed by atoms with Crippen LogP contribution in [-0.2, 0) is 17.9 Å². The first-order valence-corrected chi connectivity index (χ1v) is 10.8. The fourth-order valence-corrected chi connectivity index (χ4v) is 4.17. The predicted molar refractivity (Wildman–Crippen MR) is 119 cm³/mol. The molecule has 1 N–H and O–H groups in total. The maximum absolute atomic E-state index is 13.1. The topological polar surface area (TPSA) is 53.0 Å². The molecule has 0 saturated heterocycles. The summed E-state index contributed by atoms with van der Waals surface area (Å²) < 4.78 is 5.37. The fourth-order valence-electron chi connectivity index (χ4n) is 4.17. The quantitative estimate of drug-likeness (QED) is 0.720. The normalized spacial score (nSPS) is 19.0. The molecule has 0 heterocycles. The van der Waals surface area contributed by atoms with Gasteiger partial charge in [-0.25, -0.2) is 0 Å². The summed E-state index contributed by atoms with van der Waals surface area (Å²) in [5.74, 6) is 0.946. The monoisotopic (exact) mass is 410 g/mol. The molecule has 1 fully saturated rings. The lowest BCUT2D eigenvalue weighted by atomic mass is 9.91. The number of methoxy groups -OCH3 is 1. The summed E-state index contributed by atoms with van der Waals surface area (Å²) in [7, 11) is 3.55. The van der Waals surface area contributed by atoms with Gasteiger partial charge in [-0.05, 0) is 61.4 Å². The lowest BCUT2D eigenvalue weighted by molar-refractivity contribution is -0.132. The zero-order valence-corrected chi connectivity index (χ0v) is 18.4. The van der Waals surface area contributed by atoms with E-state index >= 15 is 0 Å². The SMILES string of the molecule is COc1cccc(CN(CC(=O)N(C)Cc2ccccc2C)C2CCC(O)CC2)c1. The largest absolute Gasteiger partial charge is 0.497 e. The van der Waals surface area contributed by atoms with E-state index in [4.69, 9.17) is 4.74 Å². The van der Waals surface area contributed by atoms with Gasteiger partial charge in [-0.2, -0.15) is 0 Å². The Morgan fingerprint density at radius 3 is 2.50 bits per heavy atom. The fraction of sp³-hybridized carbons (Fsp3) is 0.480. The Hall–Kier alpha value is -2.37. The molecule has 3 rings (SSSR count). The van der Waals surface area contributed by atoms with E-state index in [9.17, 15) is 9.90 Å². The van der Waals surface area contributed by atoms with Crippen molar-refractivity contribution < 1.29 is 14.6 Å². The van der Waals surface area contributed by atoms with Crippen LogP contribution in [0.3, 0.4) is 0 Å². The lowest BCUT2D eigenvalue weighted by Crippen LogP contribution is -2.44. The summed E-state index contributed by atoms with van der Waals surface area (Å²) >= 11 is 0. The molecule has 0 spiro atoms. The van der Waals surface area contributed by atoms with Crippen molar-refractivity contribution in [3.05, 3.63) is 65.2 Å². The third-order valence-corrected chi connectivity index (χ3v) is 6.14. The molecule has 1 aliphatic carbocycles. The van der Waals surface area contributed by atoms with Gasteiger partial charge in [0, 0.05) is 26.2 Å². The van der Waals surface area contributed by atoms with Gasteiger partial charge in [0.05, 0.1) is 19.8 Å². The number of aryl methyl sites for hydroxylation is 1. The maximum Gasteiger partial charge on any atom is 0.236 e. The molecule has 0 unspecified atom stereocenters. The van der Waals surface area contributed by atoms with E-state index in [1.807, 2.05) is 42.3 Å². The number of carbonyl (C=O) groups excluding carboxylic acids is 1. The number of hydrogen-bond acceptors (Lipinski definition) is 4. The van der Waals surface area contributed by atoms with Gasteiger partial charge in [-0.3, -0.25) is 9.69 Å². The van der Waals surface area contributed by atoms with Crippen molar-refractivity contribution in [2.75, 3.05) is 20.7 Å². The van der Waals surface area contributed by atoms with Crippen LogP contribution in [0, 0.1) is 6.92 Å². The van der Waals surface area contributed by atoms with Crippen molar-refractivity contribution in [2.45, 2.75) is 57.8 Å². The van der Waals surface area contributed by atoms with E-state index in [1.54, 1.807) is 7.11 Å². The van der Waals surface area contributed by atoms with E-state index in [1.165, 1.54) is 11.1 Å². The predicted octanol–water partition coefficient (Wildman–Crippen LogP) is 3.77. The van der Waals surface area contributed by atoms with E-state index in [0.29, 0.717) is 25.7 Å². The molecular formula is C25H34N2O3. The van der Waals surface area contributed by atoms with E-state index in [0.717, 1.165) is 37.0 Å². The summed E-state index contributed by atoms with van der Waals surface area (Å²) in [6.45, 7) is 3.76. The number of ether oxygens (including phenoxy) is 1. The van der Waals surface area contributed by atoms with Gasteiger partial charge < -0.3 is 14.7 Å². The highest BCUT2D eigenvalue weighted by atomic mass is 16.5. The van der Waals surface area contributed by atoms with Crippen LogP contribution in [0.1, 0.15) is 42.4 Å². The summed E-state index contributed by atoms with van der Waals surface area (Å²) in [6.07, 6.45) is 3.22. The molecule has 0 bridgehead atoms. The van der Waals surface area contributed by atoms with Crippen LogP contribution in [0.15, 0.2) is 48.5 Å². The molecule has 2 aromatic carbocycles. The number of hydrogen-bond donors (Lipinski definition) is 1. The van der Waals surface area contributed by atoms with Crippen LogP contribution in [0.2, 0.25) is 0 Å². The smallest absolute Gasteiger partial charge is 0.236 e. The van der Waals surface area contributed by atoms with Gasteiger partial charge >= 0.3 is 0 Å². The van der Waals surface area contributed by atoms with Crippen LogP contribution in [0.4, 0.5) is 0 Å². The average Bonchev–Trinajstić information content (AvgIpc) is 2.75. The average molecular weight is 411 g/mol. The molecule has 162 valence electrons. The number of aliphatic hydroxyl groups excluding tert-OH is 1. The highest BCUT2D eigenvalue weighted by Crippen LogP contribution is 2.25. The Labute approximate surface area is 180 Å². The molecule has 1 aliphatic rings. The lowest BCUT2D eigenvalue weighted by Gasteiger charge is -2.36. The molecule has 0 aliphatic heterocycles. The number of rotatable bonds is 8. The number of benzene rings is 2. The Kier molecular flexibility index (Phi) is 7.88. The Morgan fingerprint density at radius 1 is 1.07 bits per heavy atom. The maximum atomic E-state index is 13.1. The highest BCUT2D eigenvalue weighted by Gasteiger charge is 2.27. The highest BCUT2D eigenvalue weighted by molar-refractivity contribution is 5.78. The van der Waals surface area contributed by atoms with Crippen molar-refractivity contribution in [1.29, 1.82) is 0 Å². The van der Waals surface area contributed by atoms with E-state index < -0.39 is 0 Å². The third kappa shape index (κ3) is 6.07. The standard InChI is InChI=1S/C25H34N2O3/c1-19-7-4-5-9-21(19)17-26(2)25(29)18-27(22-11-13-23(28)14-12-22)16-20-8-6-10-24(15-20)30-3/h4-10,15,22-23,28H,11-14,16-18H2,1-3H3. The van der Waals surface area contributed by atoms with Crippen LogP contribution in [0.25, 0.3) is 0 Å². The van der Waals surface area contributed by atoms with Gasteiger partial charge in [-0.1, -0.05) is 36.4 Å². The molecule has 2 aromatic rings. The molecule has 5 heteroatoms. The molecule has 0 aromatic heterocycles. The van der Waals surface area contributed by atoms with E-state index in [-0.39, 0.29) is 12.0 Å². The first-order chi connectivity index (χ1) is 14.5. The van der Waals surface area contributed by atoms with Crippen LogP contribution in [0.5, 0.6) is 5.75 Å². The molecule has 30 heavy (non-hydrogen) atoms. The molecule has 1 saturated carbocycles. The second-order valence-electron chi connectivity index (χ2n) is 8.40.